The number of benzene rings is 1. The monoisotopic (exact) mass is 260 g/mol. The summed E-state index contributed by atoms with van der Waals surface area (Å²) < 4.78 is 0. The Morgan fingerprint density at radius 3 is 2.37 bits per heavy atom. The minimum atomic E-state index is 0.184. The van der Waals surface area contributed by atoms with Gasteiger partial charge in [-0.15, -0.1) is 0 Å². The van der Waals surface area contributed by atoms with Crippen LogP contribution in [0.4, 0.5) is 0 Å². The molecular formula is C16H24N2O. The summed E-state index contributed by atoms with van der Waals surface area (Å²) in [6, 6.07) is 8.70. The molecule has 3 nitrogen and oxygen atoms in total. The lowest BCUT2D eigenvalue weighted by atomic mass is 9.86. The molecule has 0 unspecified atom stereocenters. The van der Waals surface area contributed by atoms with Gasteiger partial charge in [-0.05, 0) is 23.0 Å². The van der Waals surface area contributed by atoms with E-state index in [0.29, 0.717) is 0 Å². The van der Waals surface area contributed by atoms with Gasteiger partial charge in [0.2, 0.25) is 5.91 Å². The van der Waals surface area contributed by atoms with Crippen molar-refractivity contribution in [2.75, 3.05) is 19.6 Å². The number of hydrogen-bond acceptors (Lipinski definition) is 2. The van der Waals surface area contributed by atoms with Gasteiger partial charge in [0.1, 0.15) is 0 Å². The highest BCUT2D eigenvalue weighted by atomic mass is 16.2. The van der Waals surface area contributed by atoms with Crippen LogP contribution in [0, 0.1) is 5.92 Å². The van der Waals surface area contributed by atoms with Gasteiger partial charge >= 0.3 is 0 Å². The van der Waals surface area contributed by atoms with Crippen LogP contribution in [0.15, 0.2) is 24.3 Å². The van der Waals surface area contributed by atoms with Crippen LogP contribution in [-0.2, 0) is 16.6 Å². The summed E-state index contributed by atoms with van der Waals surface area (Å²) in [6.07, 6.45) is 0.899. The van der Waals surface area contributed by atoms with Crippen LogP contribution in [0.25, 0.3) is 0 Å². The molecule has 2 N–H and O–H groups in total. The van der Waals surface area contributed by atoms with Crippen LogP contribution in [0.3, 0.4) is 0 Å². The maximum Gasteiger partial charge on any atom is 0.225 e. The van der Waals surface area contributed by atoms with E-state index in [1.54, 1.807) is 0 Å². The zero-order valence-corrected chi connectivity index (χ0v) is 12.1. The molecule has 0 bridgehead atoms. The fraction of sp³-hybridized carbons (Fsp3) is 0.562. The normalized spacial score (nSPS) is 15.9. The molecular weight excluding hydrogens is 236 g/mol. The SMILES string of the molecule is CC(C)(C)c1ccc(CCNC(=O)C2CNC2)cc1. The second-order valence-corrected chi connectivity index (χ2v) is 6.34. The first-order chi connectivity index (χ1) is 8.97. The van der Waals surface area contributed by atoms with Crippen molar-refractivity contribution in [1.29, 1.82) is 0 Å². The Labute approximate surface area is 115 Å². The second-order valence-electron chi connectivity index (χ2n) is 6.34. The molecule has 19 heavy (non-hydrogen) atoms. The van der Waals surface area contributed by atoms with Gasteiger partial charge in [-0.2, -0.15) is 0 Å². The number of hydrogen-bond donors (Lipinski definition) is 2. The quantitative estimate of drug-likeness (QED) is 0.867. The first-order valence-corrected chi connectivity index (χ1v) is 7.04. The molecule has 1 aliphatic heterocycles. The Hall–Kier alpha value is -1.35. The summed E-state index contributed by atoms with van der Waals surface area (Å²) in [4.78, 5) is 11.7. The van der Waals surface area contributed by atoms with Crippen LogP contribution in [0.1, 0.15) is 31.9 Å². The molecule has 0 aliphatic carbocycles. The van der Waals surface area contributed by atoms with Gasteiger partial charge < -0.3 is 10.6 Å². The Balaban J connectivity index is 1.78. The van der Waals surface area contributed by atoms with Gasteiger partial charge in [0.05, 0.1) is 5.92 Å². The van der Waals surface area contributed by atoms with Crippen LogP contribution >= 0.6 is 0 Å². The maximum absolute atomic E-state index is 11.7. The van der Waals surface area contributed by atoms with Crippen molar-refractivity contribution >= 4 is 5.91 Å². The topological polar surface area (TPSA) is 41.1 Å². The molecule has 1 aromatic rings. The Bertz CT molecular complexity index is 427. The van der Waals surface area contributed by atoms with Crippen LogP contribution in [-0.4, -0.2) is 25.5 Å². The lowest BCUT2D eigenvalue weighted by Crippen LogP contribution is -2.51. The van der Waals surface area contributed by atoms with Gasteiger partial charge in [-0.1, -0.05) is 45.0 Å². The summed E-state index contributed by atoms with van der Waals surface area (Å²) in [5.74, 6) is 0.369. The molecule has 0 radical (unpaired) electrons. The van der Waals surface area contributed by atoms with Gasteiger partial charge in [0, 0.05) is 19.6 Å². The molecule has 1 fully saturated rings. The fourth-order valence-corrected chi connectivity index (χ4v) is 2.12. The lowest BCUT2D eigenvalue weighted by Gasteiger charge is -2.25. The van der Waals surface area contributed by atoms with Crippen molar-refractivity contribution in [3.05, 3.63) is 35.4 Å². The highest BCUT2D eigenvalue weighted by molar-refractivity contribution is 5.79. The van der Waals surface area contributed by atoms with Crippen molar-refractivity contribution in [2.45, 2.75) is 32.6 Å². The molecule has 3 heteroatoms. The summed E-state index contributed by atoms with van der Waals surface area (Å²) in [5, 5.41) is 6.11. The van der Waals surface area contributed by atoms with Crippen molar-refractivity contribution in [3.63, 3.8) is 0 Å². The molecule has 1 heterocycles. The second kappa shape index (κ2) is 5.74. The lowest BCUT2D eigenvalue weighted by molar-refractivity contribution is -0.126. The molecule has 0 spiro atoms. The van der Waals surface area contributed by atoms with Crippen molar-refractivity contribution < 1.29 is 4.79 Å². The average Bonchev–Trinajstić information content (AvgIpc) is 2.26. The number of nitrogens with one attached hydrogen (secondary N) is 2. The molecule has 1 aliphatic rings. The third-order valence-corrected chi connectivity index (χ3v) is 3.69. The number of rotatable bonds is 4. The summed E-state index contributed by atoms with van der Waals surface area (Å²) >= 11 is 0. The van der Waals surface area contributed by atoms with Gasteiger partial charge in [-0.3, -0.25) is 4.79 Å². The molecule has 1 amide bonds. The van der Waals surface area contributed by atoms with E-state index < -0.39 is 0 Å². The first-order valence-electron chi connectivity index (χ1n) is 7.04. The molecule has 0 saturated carbocycles. The smallest absolute Gasteiger partial charge is 0.225 e. The van der Waals surface area contributed by atoms with Gasteiger partial charge in [0.25, 0.3) is 0 Å². The predicted molar refractivity (Wildman–Crippen MR) is 78.2 cm³/mol. The molecule has 104 valence electrons. The van der Waals surface area contributed by atoms with Gasteiger partial charge in [0.15, 0.2) is 0 Å². The molecule has 0 atom stereocenters. The summed E-state index contributed by atoms with van der Waals surface area (Å²) in [6.45, 7) is 9.03. The largest absolute Gasteiger partial charge is 0.355 e. The van der Waals surface area contributed by atoms with Crippen LogP contribution in [0.2, 0.25) is 0 Å². The average molecular weight is 260 g/mol. The van der Waals surface area contributed by atoms with E-state index in [-0.39, 0.29) is 17.2 Å². The summed E-state index contributed by atoms with van der Waals surface area (Å²) in [7, 11) is 0. The van der Waals surface area contributed by atoms with E-state index in [4.69, 9.17) is 0 Å². The highest BCUT2D eigenvalue weighted by Gasteiger charge is 2.24. The van der Waals surface area contributed by atoms with E-state index in [2.05, 4.69) is 55.7 Å². The van der Waals surface area contributed by atoms with E-state index in [1.807, 2.05) is 0 Å². The zero-order chi connectivity index (χ0) is 13.9. The number of carbonyl (C=O) groups is 1. The molecule has 1 saturated heterocycles. The summed E-state index contributed by atoms with van der Waals surface area (Å²) in [5.41, 5.74) is 2.82. The molecule has 1 aromatic carbocycles. The Morgan fingerprint density at radius 2 is 1.89 bits per heavy atom. The first kappa shape index (κ1) is 14.1. The van der Waals surface area contributed by atoms with Crippen molar-refractivity contribution in [2.24, 2.45) is 5.92 Å². The third-order valence-electron chi connectivity index (χ3n) is 3.69. The van der Waals surface area contributed by atoms with Crippen molar-refractivity contribution in [3.8, 4) is 0 Å². The van der Waals surface area contributed by atoms with Crippen LogP contribution < -0.4 is 10.6 Å². The number of amides is 1. The third kappa shape index (κ3) is 3.80. The van der Waals surface area contributed by atoms with E-state index in [9.17, 15) is 4.79 Å². The van der Waals surface area contributed by atoms with E-state index >= 15 is 0 Å². The molecule has 0 aromatic heterocycles. The van der Waals surface area contributed by atoms with Crippen molar-refractivity contribution in [1.82, 2.24) is 10.6 Å². The standard InChI is InChI=1S/C16H24N2O/c1-16(2,3)14-6-4-12(5-7-14)8-9-18-15(19)13-10-17-11-13/h4-7,13,17H,8-11H2,1-3H3,(H,18,19). The van der Waals surface area contributed by atoms with Gasteiger partial charge in [-0.25, -0.2) is 0 Å². The number of carbonyl (C=O) groups excluding carboxylic acids is 1. The predicted octanol–water partition coefficient (Wildman–Crippen LogP) is 1.86. The zero-order valence-electron chi connectivity index (χ0n) is 12.1. The Kier molecular flexibility index (Phi) is 4.25. The molecule has 2 rings (SSSR count). The van der Waals surface area contributed by atoms with E-state index in [1.165, 1.54) is 11.1 Å². The minimum Gasteiger partial charge on any atom is -0.355 e. The highest BCUT2D eigenvalue weighted by Crippen LogP contribution is 2.22. The van der Waals surface area contributed by atoms with Crippen LogP contribution in [0.5, 0.6) is 0 Å². The Morgan fingerprint density at radius 1 is 1.26 bits per heavy atom. The minimum absolute atomic E-state index is 0.184. The maximum atomic E-state index is 11.7. The van der Waals surface area contributed by atoms with E-state index in [0.717, 1.165) is 26.1 Å². The fourth-order valence-electron chi connectivity index (χ4n) is 2.12.